The summed E-state index contributed by atoms with van der Waals surface area (Å²) < 4.78 is 0. The minimum Gasteiger partial charge on any atom is -0.397 e. The van der Waals surface area contributed by atoms with Crippen LogP contribution in [-0.2, 0) is 4.79 Å². The molecule has 0 aliphatic rings. The van der Waals surface area contributed by atoms with Gasteiger partial charge in [-0.1, -0.05) is 0 Å². The van der Waals surface area contributed by atoms with Gasteiger partial charge >= 0.3 is 0 Å². The smallest absolute Gasteiger partial charge is 0.219 e. The third-order valence-electron chi connectivity index (χ3n) is 1.87. The second-order valence-electron chi connectivity index (χ2n) is 4.13. The molecule has 0 saturated heterocycles. The quantitative estimate of drug-likeness (QED) is 0.679. The zero-order valence-electron chi connectivity index (χ0n) is 8.95. The molecule has 15 heavy (non-hydrogen) atoms. The highest BCUT2D eigenvalue weighted by atomic mass is 16.1. The average molecular weight is 208 g/mol. The molecule has 0 aliphatic heterocycles. The van der Waals surface area contributed by atoms with Crippen LogP contribution in [0.1, 0.15) is 20.3 Å². The van der Waals surface area contributed by atoms with Gasteiger partial charge in [0, 0.05) is 12.0 Å². The number of hydrogen-bond donors (Lipinski definition) is 3. The van der Waals surface area contributed by atoms with Crippen molar-refractivity contribution in [2.24, 2.45) is 5.73 Å². The van der Waals surface area contributed by atoms with Crippen LogP contribution < -0.4 is 16.8 Å². The molecule has 82 valence electrons. The summed E-state index contributed by atoms with van der Waals surface area (Å²) in [6.45, 7) is 3.77. The number of anilines is 2. The van der Waals surface area contributed by atoms with Gasteiger partial charge in [0.1, 0.15) is 5.82 Å². The summed E-state index contributed by atoms with van der Waals surface area (Å²) in [4.78, 5) is 14.9. The fraction of sp³-hybridized carbons (Fsp3) is 0.400. The summed E-state index contributed by atoms with van der Waals surface area (Å²) in [5.41, 5.74) is 10.8. The molecule has 1 aromatic rings. The summed E-state index contributed by atoms with van der Waals surface area (Å²) >= 11 is 0. The lowest BCUT2D eigenvalue weighted by Gasteiger charge is -2.25. The Hall–Kier alpha value is -1.78. The summed E-state index contributed by atoms with van der Waals surface area (Å²) in [7, 11) is 0. The zero-order chi connectivity index (χ0) is 11.5. The second-order valence-corrected chi connectivity index (χ2v) is 4.13. The van der Waals surface area contributed by atoms with E-state index in [4.69, 9.17) is 11.5 Å². The highest BCUT2D eigenvalue weighted by Crippen LogP contribution is 2.16. The van der Waals surface area contributed by atoms with Crippen molar-refractivity contribution in [2.45, 2.75) is 25.8 Å². The van der Waals surface area contributed by atoms with Crippen molar-refractivity contribution in [3.63, 3.8) is 0 Å². The minimum atomic E-state index is -0.408. The molecule has 1 rings (SSSR count). The molecule has 0 atom stereocenters. The van der Waals surface area contributed by atoms with E-state index < -0.39 is 5.54 Å². The fourth-order valence-corrected chi connectivity index (χ4v) is 1.31. The number of primary amides is 1. The first kappa shape index (κ1) is 11.3. The van der Waals surface area contributed by atoms with E-state index in [2.05, 4.69) is 10.3 Å². The molecule has 0 spiro atoms. The van der Waals surface area contributed by atoms with E-state index in [1.165, 1.54) is 0 Å². The van der Waals surface area contributed by atoms with Gasteiger partial charge in [0.2, 0.25) is 5.91 Å². The molecule has 0 aliphatic carbocycles. The van der Waals surface area contributed by atoms with Crippen molar-refractivity contribution in [1.82, 2.24) is 4.98 Å². The number of amides is 1. The maximum absolute atomic E-state index is 10.8. The summed E-state index contributed by atoms with van der Waals surface area (Å²) in [6.07, 6.45) is 1.81. The Morgan fingerprint density at radius 3 is 2.67 bits per heavy atom. The standard InChI is InChI=1S/C10H16N4O/c1-10(2,5-8(12)15)14-9-4-3-7(11)6-13-9/h3-4,6H,5,11H2,1-2H3,(H2,12,15)(H,13,14). The summed E-state index contributed by atoms with van der Waals surface area (Å²) in [5, 5.41) is 3.11. The topological polar surface area (TPSA) is 94.0 Å². The van der Waals surface area contributed by atoms with Crippen LogP contribution in [-0.4, -0.2) is 16.4 Å². The number of carbonyl (C=O) groups excluding carboxylic acids is 1. The number of nitrogen functional groups attached to an aromatic ring is 1. The van der Waals surface area contributed by atoms with Gasteiger partial charge in [-0.2, -0.15) is 0 Å². The molecule has 5 heteroatoms. The molecule has 0 aromatic carbocycles. The van der Waals surface area contributed by atoms with E-state index in [1.54, 1.807) is 18.3 Å². The molecule has 1 heterocycles. The van der Waals surface area contributed by atoms with Gasteiger partial charge in [0.15, 0.2) is 0 Å². The van der Waals surface area contributed by atoms with Gasteiger partial charge in [0.05, 0.1) is 11.9 Å². The fourth-order valence-electron chi connectivity index (χ4n) is 1.31. The van der Waals surface area contributed by atoms with E-state index in [-0.39, 0.29) is 12.3 Å². The number of carbonyl (C=O) groups is 1. The van der Waals surface area contributed by atoms with Crippen LogP contribution in [0, 0.1) is 0 Å². The van der Waals surface area contributed by atoms with Gasteiger partial charge in [0.25, 0.3) is 0 Å². The van der Waals surface area contributed by atoms with Crippen molar-refractivity contribution in [2.75, 3.05) is 11.1 Å². The lowest BCUT2D eigenvalue weighted by molar-refractivity contribution is -0.118. The number of nitrogens with one attached hydrogen (secondary N) is 1. The van der Waals surface area contributed by atoms with Crippen molar-refractivity contribution >= 4 is 17.4 Å². The van der Waals surface area contributed by atoms with Crippen LogP contribution in [0.3, 0.4) is 0 Å². The molecule has 5 N–H and O–H groups in total. The Morgan fingerprint density at radius 2 is 2.20 bits per heavy atom. The van der Waals surface area contributed by atoms with Crippen LogP contribution in [0.25, 0.3) is 0 Å². The maximum Gasteiger partial charge on any atom is 0.219 e. The van der Waals surface area contributed by atoms with Gasteiger partial charge in [-0.3, -0.25) is 4.79 Å². The summed E-state index contributed by atoms with van der Waals surface area (Å²) in [5.74, 6) is 0.332. The molecular formula is C10H16N4O. The number of nitrogens with two attached hydrogens (primary N) is 2. The highest BCUT2D eigenvalue weighted by Gasteiger charge is 2.20. The molecular weight excluding hydrogens is 192 g/mol. The van der Waals surface area contributed by atoms with Crippen LogP contribution in [0.2, 0.25) is 0 Å². The molecule has 0 bridgehead atoms. The SMILES string of the molecule is CC(C)(CC(N)=O)Nc1ccc(N)cn1. The van der Waals surface area contributed by atoms with Gasteiger partial charge in [-0.25, -0.2) is 4.98 Å². The van der Waals surface area contributed by atoms with Crippen molar-refractivity contribution in [3.05, 3.63) is 18.3 Å². The number of pyridine rings is 1. The monoisotopic (exact) mass is 208 g/mol. The first-order chi connectivity index (χ1) is 6.89. The van der Waals surface area contributed by atoms with E-state index in [1.807, 2.05) is 13.8 Å². The third kappa shape index (κ3) is 3.84. The molecule has 1 aromatic heterocycles. The molecule has 0 unspecified atom stereocenters. The van der Waals surface area contributed by atoms with E-state index in [0.29, 0.717) is 11.5 Å². The number of nitrogens with zero attached hydrogens (tertiary/aromatic N) is 1. The van der Waals surface area contributed by atoms with Gasteiger partial charge < -0.3 is 16.8 Å². The van der Waals surface area contributed by atoms with E-state index >= 15 is 0 Å². The maximum atomic E-state index is 10.8. The molecule has 0 saturated carbocycles. The zero-order valence-corrected chi connectivity index (χ0v) is 8.95. The van der Waals surface area contributed by atoms with E-state index in [0.717, 1.165) is 0 Å². The largest absolute Gasteiger partial charge is 0.397 e. The lowest BCUT2D eigenvalue weighted by atomic mass is 10.0. The number of rotatable bonds is 4. The van der Waals surface area contributed by atoms with Crippen LogP contribution in [0.5, 0.6) is 0 Å². The van der Waals surface area contributed by atoms with Crippen molar-refractivity contribution in [1.29, 1.82) is 0 Å². The number of aromatic nitrogens is 1. The van der Waals surface area contributed by atoms with Crippen molar-refractivity contribution in [3.8, 4) is 0 Å². The first-order valence-corrected chi connectivity index (χ1v) is 4.67. The molecule has 0 fully saturated rings. The molecule has 5 nitrogen and oxygen atoms in total. The van der Waals surface area contributed by atoms with Crippen LogP contribution >= 0.6 is 0 Å². The predicted octanol–water partition coefficient (Wildman–Crippen LogP) is 0.730. The Labute approximate surface area is 88.9 Å². The van der Waals surface area contributed by atoms with Gasteiger partial charge in [-0.15, -0.1) is 0 Å². The lowest BCUT2D eigenvalue weighted by Crippen LogP contribution is -2.36. The van der Waals surface area contributed by atoms with Gasteiger partial charge in [-0.05, 0) is 26.0 Å². The highest BCUT2D eigenvalue weighted by molar-refractivity contribution is 5.75. The number of hydrogen-bond acceptors (Lipinski definition) is 4. The Morgan fingerprint density at radius 1 is 1.53 bits per heavy atom. The Balaban J connectivity index is 2.68. The first-order valence-electron chi connectivity index (χ1n) is 4.67. The van der Waals surface area contributed by atoms with Crippen LogP contribution in [0.4, 0.5) is 11.5 Å². The Kier molecular flexibility index (Phi) is 3.14. The summed E-state index contributed by atoms with van der Waals surface area (Å²) in [6, 6.07) is 3.51. The molecule has 1 amide bonds. The predicted molar refractivity (Wildman–Crippen MR) is 60.2 cm³/mol. The second kappa shape index (κ2) is 4.16. The minimum absolute atomic E-state index is 0.249. The van der Waals surface area contributed by atoms with Crippen molar-refractivity contribution < 1.29 is 4.79 Å². The van der Waals surface area contributed by atoms with Crippen LogP contribution in [0.15, 0.2) is 18.3 Å². The normalized spacial score (nSPS) is 11.1. The average Bonchev–Trinajstić information content (AvgIpc) is 2.06. The third-order valence-corrected chi connectivity index (χ3v) is 1.87. The molecule has 0 radical (unpaired) electrons. The van der Waals surface area contributed by atoms with E-state index in [9.17, 15) is 4.79 Å². The Bertz CT molecular complexity index is 345.